The molecule has 2 aliphatic rings. The third-order valence-electron chi connectivity index (χ3n) is 7.94. The summed E-state index contributed by atoms with van der Waals surface area (Å²) in [5, 5.41) is 4.21. The maximum atomic E-state index is 12.7. The maximum absolute atomic E-state index is 12.7. The van der Waals surface area contributed by atoms with Crippen LogP contribution in [-0.4, -0.2) is 54.0 Å². The van der Waals surface area contributed by atoms with Crippen LogP contribution in [0.25, 0.3) is 5.69 Å². The van der Waals surface area contributed by atoms with Crippen molar-refractivity contribution in [3.05, 3.63) is 107 Å². The molecule has 2 saturated heterocycles. The molecule has 8 nitrogen and oxygen atoms in total. The number of hydrogen-bond donors (Lipinski definition) is 1. The van der Waals surface area contributed by atoms with Crippen molar-refractivity contribution in [3.8, 4) is 5.69 Å². The lowest BCUT2D eigenvalue weighted by Gasteiger charge is -2.31. The molecule has 0 bridgehead atoms. The number of aryl methyl sites for hydroxylation is 1. The highest BCUT2D eigenvalue weighted by molar-refractivity contribution is 7.80. The van der Waals surface area contributed by atoms with Crippen molar-refractivity contribution in [2.45, 2.75) is 25.9 Å². The molecule has 1 N–H and O–H groups in total. The average molecular weight is 568 g/mol. The van der Waals surface area contributed by atoms with Crippen LogP contribution < -0.4 is 15.1 Å². The first-order chi connectivity index (χ1) is 20.0. The van der Waals surface area contributed by atoms with Crippen LogP contribution in [0.3, 0.4) is 0 Å². The monoisotopic (exact) mass is 567 g/mol. The highest BCUT2D eigenvalue weighted by atomic mass is 32.1. The van der Waals surface area contributed by atoms with E-state index >= 15 is 0 Å². The molecule has 2 aromatic carbocycles. The van der Waals surface area contributed by atoms with E-state index in [0.29, 0.717) is 10.7 Å². The van der Waals surface area contributed by atoms with Crippen molar-refractivity contribution in [1.29, 1.82) is 0 Å². The van der Waals surface area contributed by atoms with Gasteiger partial charge in [-0.1, -0.05) is 18.2 Å². The number of nitrogens with zero attached hydrogens (tertiary/aromatic N) is 4. The maximum Gasteiger partial charge on any atom is 0.339 e. The highest BCUT2D eigenvalue weighted by Crippen LogP contribution is 2.44. The lowest BCUT2D eigenvalue weighted by Crippen LogP contribution is -2.36. The summed E-state index contributed by atoms with van der Waals surface area (Å²) in [5.41, 5.74) is 7.51. The highest BCUT2D eigenvalue weighted by Gasteiger charge is 2.42. The summed E-state index contributed by atoms with van der Waals surface area (Å²) in [5.74, 6) is -0.369. The van der Waals surface area contributed by atoms with Crippen LogP contribution in [0.15, 0.2) is 79.0 Å². The number of aromatic nitrogens is 2. The quantitative estimate of drug-likeness (QED) is 0.249. The number of pyridine rings is 1. The van der Waals surface area contributed by atoms with Gasteiger partial charge in [0, 0.05) is 42.0 Å². The van der Waals surface area contributed by atoms with Crippen LogP contribution >= 0.6 is 12.2 Å². The molecule has 0 radical (unpaired) electrons. The van der Waals surface area contributed by atoms with Crippen molar-refractivity contribution in [2.75, 3.05) is 43.2 Å². The summed E-state index contributed by atoms with van der Waals surface area (Å²) in [6, 6.07) is 23.9. The van der Waals surface area contributed by atoms with Gasteiger partial charge in [-0.3, -0.25) is 4.98 Å². The summed E-state index contributed by atoms with van der Waals surface area (Å²) in [6.07, 6.45) is 1.81. The van der Waals surface area contributed by atoms with Gasteiger partial charge < -0.3 is 29.2 Å². The molecule has 0 unspecified atom stereocenters. The lowest BCUT2D eigenvalue weighted by molar-refractivity contribution is 0.0600. The van der Waals surface area contributed by atoms with Crippen LogP contribution in [0.4, 0.5) is 11.4 Å². The number of hydrogen-bond acceptors (Lipinski definition) is 6. The zero-order valence-corrected chi connectivity index (χ0v) is 24.2. The summed E-state index contributed by atoms with van der Waals surface area (Å²) in [6.45, 7) is 7.39. The minimum absolute atomic E-state index is 0.170. The minimum Gasteiger partial charge on any atom is -0.465 e. The number of thiocarbonyl (C=S) groups is 1. The Hall–Kier alpha value is -4.21. The first-order valence-electron chi connectivity index (χ1n) is 13.8. The first kappa shape index (κ1) is 27.0. The topological polar surface area (TPSA) is 71.9 Å². The summed E-state index contributed by atoms with van der Waals surface area (Å²) < 4.78 is 12.7. The molecular weight excluding hydrogens is 534 g/mol. The standard InChI is InChI=1S/C32H33N5O3S/c1-21-20-26(22(2)36(21)28-10-5-4-8-25(28)31(38)39-3)30-29(27-9-6-7-15-33-27)34-32(41)37(30)24-13-11-23(12-14-24)35-16-18-40-19-17-35/h4-15,20,29-30H,16-19H2,1-3H3,(H,34,41)/t29-,30+/m0/s1. The van der Waals surface area contributed by atoms with Crippen molar-refractivity contribution < 1.29 is 14.3 Å². The van der Waals surface area contributed by atoms with E-state index < -0.39 is 0 Å². The molecule has 6 rings (SSSR count). The number of carbonyl (C=O) groups excluding carboxylic acids is 1. The van der Waals surface area contributed by atoms with Crippen LogP contribution in [0.5, 0.6) is 0 Å². The second-order valence-electron chi connectivity index (χ2n) is 10.3. The van der Waals surface area contributed by atoms with E-state index in [-0.39, 0.29) is 18.1 Å². The van der Waals surface area contributed by atoms with Crippen LogP contribution in [0.1, 0.15) is 45.1 Å². The number of nitrogens with one attached hydrogen (secondary N) is 1. The number of carbonyl (C=O) groups is 1. The number of ether oxygens (including phenoxy) is 2. The van der Waals surface area contributed by atoms with E-state index in [9.17, 15) is 4.79 Å². The van der Waals surface area contributed by atoms with Crippen molar-refractivity contribution in [2.24, 2.45) is 0 Å². The molecule has 2 atom stereocenters. The smallest absolute Gasteiger partial charge is 0.339 e. The van der Waals surface area contributed by atoms with E-state index in [1.165, 1.54) is 12.8 Å². The fourth-order valence-electron chi connectivity index (χ4n) is 6.00. The van der Waals surface area contributed by atoms with E-state index in [2.05, 4.69) is 63.9 Å². The second kappa shape index (κ2) is 11.3. The Morgan fingerprint density at radius 3 is 2.41 bits per heavy atom. The Morgan fingerprint density at radius 1 is 1.00 bits per heavy atom. The second-order valence-corrected chi connectivity index (χ2v) is 10.7. The van der Waals surface area contributed by atoms with Crippen LogP contribution in [0, 0.1) is 13.8 Å². The van der Waals surface area contributed by atoms with Gasteiger partial charge in [-0.25, -0.2) is 4.79 Å². The van der Waals surface area contributed by atoms with Gasteiger partial charge in [-0.2, -0.15) is 0 Å². The number of morpholine rings is 1. The number of methoxy groups -OCH3 is 1. The summed E-state index contributed by atoms with van der Waals surface area (Å²) in [7, 11) is 1.41. The van der Waals surface area contributed by atoms with Crippen LogP contribution in [-0.2, 0) is 9.47 Å². The number of para-hydroxylation sites is 1. The molecule has 210 valence electrons. The summed E-state index contributed by atoms with van der Waals surface area (Å²) >= 11 is 5.97. The molecule has 9 heteroatoms. The zero-order chi connectivity index (χ0) is 28.5. The van der Waals surface area contributed by atoms with Crippen molar-refractivity contribution in [3.63, 3.8) is 0 Å². The Morgan fingerprint density at radius 2 is 1.71 bits per heavy atom. The van der Waals surface area contributed by atoms with Crippen molar-refractivity contribution in [1.82, 2.24) is 14.9 Å². The van der Waals surface area contributed by atoms with E-state index in [1.54, 1.807) is 6.07 Å². The molecule has 2 aliphatic heterocycles. The first-order valence-corrected chi connectivity index (χ1v) is 14.2. The molecule has 0 spiro atoms. The predicted molar refractivity (Wildman–Crippen MR) is 164 cm³/mol. The van der Waals surface area contributed by atoms with Gasteiger partial charge in [0.25, 0.3) is 0 Å². The van der Waals surface area contributed by atoms with Gasteiger partial charge in [0.2, 0.25) is 0 Å². The molecular formula is C32H33N5O3S. The van der Waals surface area contributed by atoms with E-state index in [0.717, 1.165) is 60.3 Å². The Balaban J connectivity index is 1.45. The molecule has 41 heavy (non-hydrogen) atoms. The fourth-order valence-corrected chi connectivity index (χ4v) is 6.35. The fraction of sp³-hybridized carbons (Fsp3) is 0.281. The van der Waals surface area contributed by atoms with Crippen molar-refractivity contribution >= 4 is 34.7 Å². The lowest BCUT2D eigenvalue weighted by atomic mass is 9.96. The van der Waals surface area contributed by atoms with Gasteiger partial charge >= 0.3 is 5.97 Å². The summed E-state index contributed by atoms with van der Waals surface area (Å²) in [4.78, 5) is 21.9. The molecule has 4 aromatic rings. The molecule has 0 amide bonds. The number of anilines is 2. The Kier molecular flexibility index (Phi) is 7.47. The average Bonchev–Trinajstić information content (AvgIpc) is 3.52. The molecule has 4 heterocycles. The SMILES string of the molecule is COC(=O)c1ccccc1-n1c(C)cc([C@@H]2[C@H](c3ccccn3)NC(=S)N2c2ccc(N3CCOCC3)cc2)c1C. The Labute approximate surface area is 245 Å². The number of benzene rings is 2. The van der Waals surface area contributed by atoms with Crippen LogP contribution in [0.2, 0.25) is 0 Å². The molecule has 2 aromatic heterocycles. The van der Waals surface area contributed by atoms with Gasteiger partial charge in [0.05, 0.1) is 49.4 Å². The number of rotatable bonds is 6. The third-order valence-corrected chi connectivity index (χ3v) is 8.26. The normalized spacial score (nSPS) is 18.9. The van der Waals surface area contributed by atoms with Gasteiger partial charge in [-0.15, -0.1) is 0 Å². The number of esters is 1. The van der Waals surface area contributed by atoms with E-state index in [4.69, 9.17) is 26.7 Å². The van der Waals surface area contributed by atoms with E-state index in [1.807, 2.05) is 42.6 Å². The molecule has 2 fully saturated rings. The third kappa shape index (κ3) is 4.96. The van der Waals surface area contributed by atoms with Gasteiger partial charge in [-0.05, 0) is 86.2 Å². The largest absolute Gasteiger partial charge is 0.465 e. The zero-order valence-electron chi connectivity index (χ0n) is 23.4. The minimum atomic E-state index is -0.369. The van der Waals surface area contributed by atoms with Gasteiger partial charge in [0.1, 0.15) is 0 Å². The Bertz CT molecular complexity index is 1560. The predicted octanol–water partition coefficient (Wildman–Crippen LogP) is 5.29. The molecule has 0 saturated carbocycles. The molecule has 0 aliphatic carbocycles. The van der Waals surface area contributed by atoms with Gasteiger partial charge in [0.15, 0.2) is 5.11 Å².